The van der Waals surface area contributed by atoms with Crippen molar-refractivity contribution in [1.29, 1.82) is 0 Å². The largest absolute Gasteiger partial charge is 0.271 e. The molecule has 1 atom stereocenters. The molecule has 1 rings (SSSR count). The summed E-state index contributed by atoms with van der Waals surface area (Å²) in [5.74, 6) is 5.42. The van der Waals surface area contributed by atoms with Crippen LogP contribution in [-0.2, 0) is 7.05 Å². The van der Waals surface area contributed by atoms with E-state index in [1.807, 2.05) is 24.9 Å². The summed E-state index contributed by atoms with van der Waals surface area (Å²) in [7, 11) is 1.93. The average Bonchev–Trinajstić information content (AvgIpc) is 2.38. The number of aryl methyl sites for hydroxylation is 2. The zero-order valence-corrected chi connectivity index (χ0v) is 7.83. The van der Waals surface area contributed by atoms with E-state index in [4.69, 9.17) is 5.84 Å². The van der Waals surface area contributed by atoms with E-state index in [0.717, 1.165) is 6.42 Å². The lowest BCUT2D eigenvalue weighted by molar-refractivity contribution is 0.496. The Morgan fingerprint density at radius 2 is 2.42 bits per heavy atom. The molecule has 4 nitrogen and oxygen atoms in total. The number of hydrogen-bond acceptors (Lipinski definition) is 3. The molecule has 1 aromatic heterocycles. The predicted octanol–water partition coefficient (Wildman–Crippen LogP) is 0.643. The van der Waals surface area contributed by atoms with Crippen molar-refractivity contribution in [2.75, 3.05) is 0 Å². The number of rotatable bonds is 3. The Bertz CT molecular complexity index is 230. The van der Waals surface area contributed by atoms with E-state index in [-0.39, 0.29) is 6.04 Å². The minimum Gasteiger partial charge on any atom is -0.271 e. The highest BCUT2D eigenvalue weighted by molar-refractivity contribution is 5.18. The van der Waals surface area contributed by atoms with Crippen LogP contribution in [0.3, 0.4) is 0 Å². The lowest BCUT2D eigenvalue weighted by atomic mass is 10.1. The molecule has 0 saturated carbocycles. The third-order valence-corrected chi connectivity index (χ3v) is 2.12. The number of nitrogens with one attached hydrogen (secondary N) is 1. The Morgan fingerprint density at radius 3 is 2.75 bits per heavy atom. The normalized spacial score (nSPS) is 13.3. The first-order valence-electron chi connectivity index (χ1n) is 4.15. The minimum absolute atomic E-state index is 0.206. The van der Waals surface area contributed by atoms with E-state index in [1.165, 1.54) is 11.3 Å². The molecule has 0 aliphatic rings. The van der Waals surface area contributed by atoms with Gasteiger partial charge in [-0.1, -0.05) is 6.92 Å². The molecule has 68 valence electrons. The van der Waals surface area contributed by atoms with Gasteiger partial charge in [-0.3, -0.25) is 16.0 Å². The smallest absolute Gasteiger partial charge is 0.0629 e. The Balaban J connectivity index is 2.98. The topological polar surface area (TPSA) is 55.9 Å². The van der Waals surface area contributed by atoms with Crippen molar-refractivity contribution in [3.63, 3.8) is 0 Å². The van der Waals surface area contributed by atoms with Crippen LogP contribution in [0.25, 0.3) is 0 Å². The van der Waals surface area contributed by atoms with Crippen molar-refractivity contribution < 1.29 is 0 Å². The summed E-state index contributed by atoms with van der Waals surface area (Å²) in [4.78, 5) is 0. The summed E-state index contributed by atoms with van der Waals surface area (Å²) >= 11 is 0. The maximum absolute atomic E-state index is 5.42. The third kappa shape index (κ3) is 1.49. The molecule has 0 radical (unpaired) electrons. The standard InChI is InChI=1S/C8H16N4/c1-4-7(11-9)8-6(2)5-10-12(8)3/h5,7,11H,4,9H2,1-3H3. The molecule has 0 fully saturated rings. The van der Waals surface area contributed by atoms with Crippen LogP contribution in [0.4, 0.5) is 0 Å². The summed E-state index contributed by atoms with van der Waals surface area (Å²) in [5.41, 5.74) is 5.12. The van der Waals surface area contributed by atoms with Crippen LogP contribution in [0, 0.1) is 6.92 Å². The van der Waals surface area contributed by atoms with Gasteiger partial charge >= 0.3 is 0 Å². The summed E-state index contributed by atoms with van der Waals surface area (Å²) < 4.78 is 1.86. The first-order chi connectivity index (χ1) is 5.70. The predicted molar refractivity (Wildman–Crippen MR) is 48.3 cm³/mol. The van der Waals surface area contributed by atoms with E-state index in [0.29, 0.717) is 0 Å². The molecule has 0 aliphatic carbocycles. The average molecular weight is 168 g/mol. The molecule has 0 amide bonds. The molecule has 1 aromatic rings. The highest BCUT2D eigenvalue weighted by Crippen LogP contribution is 2.17. The van der Waals surface area contributed by atoms with Gasteiger partial charge in [0.05, 0.1) is 17.9 Å². The fourth-order valence-electron chi connectivity index (χ4n) is 1.45. The molecule has 0 saturated heterocycles. The molecule has 1 heterocycles. The van der Waals surface area contributed by atoms with Gasteiger partial charge in [0.15, 0.2) is 0 Å². The summed E-state index contributed by atoms with van der Waals surface area (Å²) in [6.45, 7) is 4.14. The molecule has 0 bridgehead atoms. The number of nitrogens with zero attached hydrogens (tertiary/aromatic N) is 2. The SMILES string of the molecule is CCC(NN)c1c(C)cnn1C. The zero-order valence-electron chi connectivity index (χ0n) is 7.83. The first kappa shape index (κ1) is 9.22. The second-order valence-electron chi connectivity index (χ2n) is 2.96. The van der Waals surface area contributed by atoms with Crippen LogP contribution in [0.2, 0.25) is 0 Å². The van der Waals surface area contributed by atoms with Crippen LogP contribution in [-0.4, -0.2) is 9.78 Å². The van der Waals surface area contributed by atoms with Crippen LogP contribution in [0.1, 0.15) is 30.6 Å². The van der Waals surface area contributed by atoms with Gasteiger partial charge in [0, 0.05) is 7.05 Å². The highest BCUT2D eigenvalue weighted by atomic mass is 15.3. The van der Waals surface area contributed by atoms with Gasteiger partial charge in [0.25, 0.3) is 0 Å². The Morgan fingerprint density at radius 1 is 1.75 bits per heavy atom. The Hall–Kier alpha value is -0.870. The fraction of sp³-hybridized carbons (Fsp3) is 0.625. The molecule has 4 heteroatoms. The van der Waals surface area contributed by atoms with Crippen molar-refractivity contribution in [2.24, 2.45) is 12.9 Å². The fourth-order valence-corrected chi connectivity index (χ4v) is 1.45. The highest BCUT2D eigenvalue weighted by Gasteiger charge is 2.13. The lowest BCUT2D eigenvalue weighted by Crippen LogP contribution is -2.29. The number of hydrogen-bond donors (Lipinski definition) is 2. The van der Waals surface area contributed by atoms with Gasteiger partial charge in [0.1, 0.15) is 0 Å². The van der Waals surface area contributed by atoms with Gasteiger partial charge in [-0.15, -0.1) is 0 Å². The van der Waals surface area contributed by atoms with Crippen LogP contribution in [0.15, 0.2) is 6.20 Å². The van der Waals surface area contributed by atoms with E-state index < -0.39 is 0 Å². The molecule has 1 unspecified atom stereocenters. The van der Waals surface area contributed by atoms with E-state index in [1.54, 1.807) is 0 Å². The van der Waals surface area contributed by atoms with Gasteiger partial charge in [-0.25, -0.2) is 0 Å². The maximum atomic E-state index is 5.42. The Labute approximate surface area is 72.7 Å². The van der Waals surface area contributed by atoms with Gasteiger partial charge in [-0.2, -0.15) is 5.10 Å². The van der Waals surface area contributed by atoms with Gasteiger partial charge in [-0.05, 0) is 18.9 Å². The molecule has 0 aliphatic heterocycles. The number of aromatic nitrogens is 2. The van der Waals surface area contributed by atoms with Crippen molar-refractivity contribution in [2.45, 2.75) is 26.3 Å². The summed E-state index contributed by atoms with van der Waals surface area (Å²) in [5, 5.41) is 4.15. The number of nitrogens with two attached hydrogens (primary N) is 1. The van der Waals surface area contributed by atoms with Crippen molar-refractivity contribution >= 4 is 0 Å². The molecule has 0 aromatic carbocycles. The molecular formula is C8H16N4. The third-order valence-electron chi connectivity index (χ3n) is 2.12. The maximum Gasteiger partial charge on any atom is 0.0629 e. The summed E-state index contributed by atoms with van der Waals surface area (Å²) in [6.07, 6.45) is 2.83. The molecular weight excluding hydrogens is 152 g/mol. The van der Waals surface area contributed by atoms with E-state index >= 15 is 0 Å². The monoisotopic (exact) mass is 168 g/mol. The van der Waals surface area contributed by atoms with Crippen LogP contribution in [0.5, 0.6) is 0 Å². The van der Waals surface area contributed by atoms with Crippen LogP contribution >= 0.6 is 0 Å². The minimum atomic E-state index is 0.206. The van der Waals surface area contributed by atoms with E-state index in [2.05, 4.69) is 17.4 Å². The van der Waals surface area contributed by atoms with Crippen molar-refractivity contribution in [1.82, 2.24) is 15.2 Å². The van der Waals surface area contributed by atoms with Crippen molar-refractivity contribution in [3.8, 4) is 0 Å². The van der Waals surface area contributed by atoms with Crippen molar-refractivity contribution in [3.05, 3.63) is 17.5 Å². The summed E-state index contributed by atoms with van der Waals surface area (Å²) in [6, 6.07) is 0.206. The van der Waals surface area contributed by atoms with E-state index in [9.17, 15) is 0 Å². The lowest BCUT2D eigenvalue weighted by Gasteiger charge is -2.14. The molecule has 3 N–H and O–H groups in total. The first-order valence-corrected chi connectivity index (χ1v) is 4.15. The zero-order chi connectivity index (χ0) is 9.14. The quantitative estimate of drug-likeness (QED) is 0.514. The second-order valence-corrected chi connectivity index (χ2v) is 2.96. The molecule has 0 spiro atoms. The number of hydrazine groups is 1. The van der Waals surface area contributed by atoms with Gasteiger partial charge in [0.2, 0.25) is 0 Å². The van der Waals surface area contributed by atoms with Gasteiger partial charge < -0.3 is 0 Å². The Kier molecular flexibility index (Phi) is 2.83. The second kappa shape index (κ2) is 3.69. The van der Waals surface area contributed by atoms with Crippen LogP contribution < -0.4 is 11.3 Å². The molecule has 12 heavy (non-hydrogen) atoms.